The van der Waals surface area contributed by atoms with Crippen LogP contribution in [0.15, 0.2) is 0 Å². The molecule has 3 atom stereocenters. The molecule has 0 aromatic heterocycles. The lowest BCUT2D eigenvalue weighted by atomic mass is 10.0. The molecule has 1 aliphatic carbocycles. The van der Waals surface area contributed by atoms with E-state index >= 15 is 0 Å². The lowest BCUT2D eigenvalue weighted by Gasteiger charge is -2.34. The van der Waals surface area contributed by atoms with Crippen LogP contribution in [0.5, 0.6) is 0 Å². The summed E-state index contributed by atoms with van der Waals surface area (Å²) < 4.78 is 4.75. The zero-order valence-electron chi connectivity index (χ0n) is 12.1. The van der Waals surface area contributed by atoms with Gasteiger partial charge in [-0.2, -0.15) is 0 Å². The molecule has 0 aromatic rings. The van der Waals surface area contributed by atoms with Gasteiger partial charge >= 0.3 is 11.9 Å². The molecule has 1 unspecified atom stereocenters. The second-order valence-electron chi connectivity index (χ2n) is 6.18. The smallest absolute Gasteiger partial charge is 0.328 e. The van der Waals surface area contributed by atoms with E-state index in [1.807, 2.05) is 0 Å². The van der Waals surface area contributed by atoms with Crippen molar-refractivity contribution >= 4 is 17.8 Å². The number of ether oxygens (including phenoxy) is 1. The Bertz CT molecular complexity index is 445. The summed E-state index contributed by atoms with van der Waals surface area (Å²) in [5.41, 5.74) is -0.541. The number of methoxy groups -OCH3 is 1. The molecule has 0 bridgehead atoms. The Morgan fingerprint density at radius 3 is 2.35 bits per heavy atom. The van der Waals surface area contributed by atoms with Crippen molar-refractivity contribution in [3.63, 3.8) is 0 Å². The predicted octanol–water partition coefficient (Wildman–Crippen LogP) is 0.897. The van der Waals surface area contributed by atoms with Crippen molar-refractivity contribution in [2.24, 2.45) is 17.3 Å². The van der Waals surface area contributed by atoms with E-state index in [9.17, 15) is 14.4 Å². The van der Waals surface area contributed by atoms with Gasteiger partial charge in [-0.05, 0) is 24.7 Å². The molecule has 1 N–H and O–H groups in total. The number of hydrogen-bond acceptors (Lipinski definition) is 4. The van der Waals surface area contributed by atoms with Crippen molar-refractivity contribution in [2.45, 2.75) is 39.2 Å². The molecule has 1 heterocycles. The number of carboxylic acid groups (broad SMARTS) is 1. The summed E-state index contributed by atoms with van der Waals surface area (Å²) in [6.45, 7) is 4.06. The monoisotopic (exact) mass is 283 g/mol. The van der Waals surface area contributed by atoms with E-state index < -0.39 is 35.2 Å². The fraction of sp³-hybridized carbons (Fsp3) is 0.786. The molecule has 2 fully saturated rings. The lowest BCUT2D eigenvalue weighted by molar-refractivity contribution is -0.155. The molecule has 1 amide bonds. The Morgan fingerprint density at radius 2 is 1.85 bits per heavy atom. The second-order valence-corrected chi connectivity index (χ2v) is 6.18. The molecular weight excluding hydrogens is 262 g/mol. The molecular formula is C14H21NO5. The number of carbonyl (C=O) groups is 3. The van der Waals surface area contributed by atoms with Crippen LogP contribution in [0.4, 0.5) is 0 Å². The Balaban J connectivity index is 2.15. The van der Waals surface area contributed by atoms with Crippen LogP contribution >= 0.6 is 0 Å². The lowest BCUT2D eigenvalue weighted by Crippen LogP contribution is -2.49. The van der Waals surface area contributed by atoms with Crippen LogP contribution in [0.3, 0.4) is 0 Å². The fourth-order valence-corrected chi connectivity index (χ4v) is 3.31. The number of aliphatic carboxylic acids is 1. The maximum atomic E-state index is 12.6. The summed E-state index contributed by atoms with van der Waals surface area (Å²) >= 11 is 0. The third kappa shape index (κ3) is 2.27. The molecule has 1 saturated carbocycles. The van der Waals surface area contributed by atoms with Gasteiger partial charge in [-0.15, -0.1) is 0 Å². The minimum atomic E-state index is -0.944. The average Bonchev–Trinajstić information content (AvgIpc) is 3.00. The van der Waals surface area contributed by atoms with Crippen molar-refractivity contribution in [2.75, 3.05) is 13.7 Å². The van der Waals surface area contributed by atoms with Crippen LogP contribution in [-0.4, -0.2) is 47.5 Å². The van der Waals surface area contributed by atoms with E-state index in [2.05, 4.69) is 0 Å². The summed E-state index contributed by atoms with van der Waals surface area (Å²) in [6, 6.07) is -0.563. The Kier molecular flexibility index (Phi) is 3.75. The second kappa shape index (κ2) is 5.07. The van der Waals surface area contributed by atoms with Crippen molar-refractivity contribution in [3.05, 3.63) is 0 Å². The molecule has 1 aliphatic heterocycles. The molecule has 112 valence electrons. The Labute approximate surface area is 118 Å². The highest BCUT2D eigenvalue weighted by Gasteiger charge is 2.67. The van der Waals surface area contributed by atoms with Gasteiger partial charge in [-0.25, -0.2) is 4.79 Å². The number of nitrogens with zero attached hydrogens (tertiary/aromatic N) is 1. The van der Waals surface area contributed by atoms with Gasteiger partial charge in [0.1, 0.15) is 6.04 Å². The molecule has 6 heteroatoms. The van der Waals surface area contributed by atoms with Crippen molar-refractivity contribution in [3.8, 4) is 0 Å². The minimum absolute atomic E-state index is 0.225. The van der Waals surface area contributed by atoms with Crippen molar-refractivity contribution < 1.29 is 24.2 Å². The first kappa shape index (κ1) is 14.8. The number of amides is 1. The highest BCUT2D eigenvalue weighted by Crippen LogP contribution is 2.59. The van der Waals surface area contributed by atoms with Crippen LogP contribution < -0.4 is 0 Å². The number of carboxylic acids is 1. The van der Waals surface area contributed by atoms with Gasteiger partial charge in [0.15, 0.2) is 0 Å². The molecule has 20 heavy (non-hydrogen) atoms. The maximum Gasteiger partial charge on any atom is 0.328 e. The number of likely N-dealkylation sites (tertiary alicyclic amines) is 1. The predicted molar refractivity (Wildman–Crippen MR) is 69.8 cm³/mol. The first-order valence-corrected chi connectivity index (χ1v) is 6.93. The minimum Gasteiger partial charge on any atom is -0.481 e. The fourth-order valence-electron chi connectivity index (χ4n) is 3.31. The SMILES string of the molecule is COC(=O)C1CCCCN1C(=O)[C@H]1[C@@H](C(=O)O)C1(C)C. The molecule has 0 radical (unpaired) electrons. The van der Waals surface area contributed by atoms with Gasteiger partial charge in [0.05, 0.1) is 18.9 Å². The molecule has 2 aliphatic rings. The zero-order valence-corrected chi connectivity index (χ0v) is 12.1. The van der Waals surface area contributed by atoms with Crippen molar-refractivity contribution in [1.29, 1.82) is 0 Å². The third-order valence-electron chi connectivity index (χ3n) is 4.62. The van der Waals surface area contributed by atoms with E-state index in [1.54, 1.807) is 13.8 Å². The summed E-state index contributed by atoms with van der Waals surface area (Å²) in [7, 11) is 1.31. The van der Waals surface area contributed by atoms with Gasteiger partial charge in [-0.1, -0.05) is 13.8 Å². The van der Waals surface area contributed by atoms with Crippen molar-refractivity contribution in [1.82, 2.24) is 4.90 Å². The van der Waals surface area contributed by atoms with Crippen LogP contribution in [0.1, 0.15) is 33.1 Å². The number of esters is 1. The number of piperidine rings is 1. The molecule has 1 saturated heterocycles. The summed E-state index contributed by atoms with van der Waals surface area (Å²) in [5.74, 6) is -2.78. The standard InChI is InChI=1S/C14H21NO5/c1-14(2)9(10(14)12(17)18)11(16)15-7-5-4-6-8(15)13(19)20-3/h8-10H,4-7H2,1-3H3,(H,17,18)/t8?,9-,10+/m1/s1. The Hall–Kier alpha value is -1.59. The van der Waals surface area contributed by atoms with Gasteiger partial charge in [-0.3, -0.25) is 9.59 Å². The summed E-state index contributed by atoms with van der Waals surface area (Å²) in [5, 5.41) is 9.17. The van der Waals surface area contributed by atoms with Crippen LogP contribution in [0, 0.1) is 17.3 Å². The largest absolute Gasteiger partial charge is 0.481 e. The Morgan fingerprint density at radius 1 is 1.20 bits per heavy atom. The van der Waals surface area contributed by atoms with Gasteiger partial charge < -0.3 is 14.7 Å². The summed E-state index contributed by atoms with van der Waals surface area (Å²) in [6.07, 6.45) is 2.30. The zero-order chi connectivity index (χ0) is 15.1. The van der Waals surface area contributed by atoms with E-state index in [4.69, 9.17) is 9.84 Å². The van der Waals surface area contributed by atoms with E-state index in [1.165, 1.54) is 12.0 Å². The summed E-state index contributed by atoms with van der Waals surface area (Å²) in [4.78, 5) is 37.0. The van der Waals surface area contributed by atoms with E-state index in [0.717, 1.165) is 12.8 Å². The van der Waals surface area contributed by atoms with Gasteiger partial charge in [0.2, 0.25) is 5.91 Å². The normalized spacial score (nSPS) is 31.6. The molecule has 0 aromatic carbocycles. The van der Waals surface area contributed by atoms with Crippen LogP contribution in [0.2, 0.25) is 0 Å². The first-order valence-electron chi connectivity index (χ1n) is 6.93. The van der Waals surface area contributed by atoms with E-state index in [0.29, 0.717) is 13.0 Å². The number of carbonyl (C=O) groups excluding carboxylic acids is 2. The number of hydrogen-bond donors (Lipinski definition) is 1. The molecule has 6 nitrogen and oxygen atoms in total. The molecule has 2 rings (SSSR count). The van der Waals surface area contributed by atoms with E-state index in [-0.39, 0.29) is 5.91 Å². The molecule has 0 spiro atoms. The third-order valence-corrected chi connectivity index (χ3v) is 4.62. The highest BCUT2D eigenvalue weighted by atomic mass is 16.5. The van der Waals surface area contributed by atoms with Gasteiger partial charge in [0, 0.05) is 6.54 Å². The average molecular weight is 283 g/mol. The van der Waals surface area contributed by atoms with Crippen LogP contribution in [-0.2, 0) is 19.1 Å². The van der Waals surface area contributed by atoms with Gasteiger partial charge in [0.25, 0.3) is 0 Å². The quantitative estimate of drug-likeness (QED) is 0.778. The number of rotatable bonds is 3. The highest BCUT2D eigenvalue weighted by molar-refractivity contribution is 5.94. The topological polar surface area (TPSA) is 83.9 Å². The first-order chi connectivity index (χ1) is 9.32. The van der Waals surface area contributed by atoms with Crippen LogP contribution in [0.25, 0.3) is 0 Å². The maximum absolute atomic E-state index is 12.6.